The Kier molecular flexibility index (Phi) is 5.88. The average Bonchev–Trinajstić information content (AvgIpc) is 3.41. The molecule has 1 amide bonds. The summed E-state index contributed by atoms with van der Waals surface area (Å²) in [4.78, 5) is 20.6. The van der Waals surface area contributed by atoms with E-state index >= 15 is 0 Å². The van der Waals surface area contributed by atoms with Crippen molar-refractivity contribution < 1.29 is 18.3 Å². The monoisotopic (exact) mass is 437 g/mol. The molecule has 32 heavy (non-hydrogen) atoms. The first-order chi connectivity index (χ1) is 15.4. The van der Waals surface area contributed by atoms with E-state index in [2.05, 4.69) is 20.5 Å². The number of hydrogen-bond acceptors (Lipinski definition) is 4. The molecule has 1 atom stereocenters. The van der Waals surface area contributed by atoms with Crippen LogP contribution >= 0.6 is 0 Å². The number of imidazole rings is 1. The second-order valence-corrected chi connectivity index (χ2v) is 7.46. The third-order valence-electron chi connectivity index (χ3n) is 5.44. The number of halogens is 2. The Morgan fingerprint density at radius 1 is 1.28 bits per heavy atom. The van der Waals surface area contributed by atoms with Gasteiger partial charge in [-0.05, 0) is 38.1 Å². The molecule has 1 aliphatic rings. The number of carbonyl (C=O) groups excluding carboxylic acids is 1. The Bertz CT molecular complexity index is 1230. The highest BCUT2D eigenvalue weighted by molar-refractivity contribution is 5.94. The number of hydrogen-bond donors (Lipinski definition) is 2. The predicted molar refractivity (Wildman–Crippen MR) is 115 cm³/mol. The number of nitrogens with zero attached hydrogens (tertiary/aromatic N) is 3. The summed E-state index contributed by atoms with van der Waals surface area (Å²) >= 11 is 0. The fourth-order valence-electron chi connectivity index (χ4n) is 3.79. The molecule has 2 heterocycles. The van der Waals surface area contributed by atoms with Gasteiger partial charge in [-0.3, -0.25) is 9.36 Å². The van der Waals surface area contributed by atoms with Crippen molar-refractivity contribution in [2.75, 3.05) is 20.2 Å². The van der Waals surface area contributed by atoms with Gasteiger partial charge in [0.1, 0.15) is 17.3 Å². The van der Waals surface area contributed by atoms with E-state index in [1.807, 2.05) is 0 Å². The van der Waals surface area contributed by atoms with Crippen LogP contribution in [0.1, 0.15) is 22.6 Å². The lowest BCUT2D eigenvalue weighted by molar-refractivity contribution is 0.0935. The molecule has 9 heteroatoms. The third kappa shape index (κ3) is 3.92. The Morgan fingerprint density at radius 3 is 2.72 bits per heavy atom. The van der Waals surface area contributed by atoms with Gasteiger partial charge in [0, 0.05) is 24.2 Å². The predicted octanol–water partition coefficient (Wildman–Crippen LogP) is 3.78. The largest absolute Gasteiger partial charge is 0.494 e. The lowest BCUT2D eigenvalue weighted by Gasteiger charge is -2.13. The Balaban J connectivity index is 1.85. The number of amides is 1. The molecule has 0 unspecified atom stereocenters. The minimum atomic E-state index is -0.700. The van der Waals surface area contributed by atoms with Crippen LogP contribution in [0.25, 0.3) is 21.9 Å². The number of carbonyl (C=O) groups is 1. The molecule has 0 spiro atoms. The minimum absolute atomic E-state index is 0.00988. The lowest BCUT2D eigenvalue weighted by Crippen LogP contribution is -2.36. The maximum Gasteiger partial charge on any atom is 0.272 e. The molecule has 0 aliphatic carbocycles. The molecule has 1 aliphatic heterocycles. The Labute approximate surface area is 183 Å². The van der Waals surface area contributed by atoms with Crippen molar-refractivity contribution in [3.63, 3.8) is 0 Å². The molecule has 4 rings (SSSR count). The number of methoxy groups -OCH3 is 1. The summed E-state index contributed by atoms with van der Waals surface area (Å²) in [7, 11) is 1.37. The topological polar surface area (TPSA) is 72.5 Å². The Hall–Kier alpha value is -3.77. The molecule has 3 aromatic rings. The van der Waals surface area contributed by atoms with Crippen LogP contribution < -0.4 is 15.4 Å². The van der Waals surface area contributed by atoms with Crippen molar-refractivity contribution in [2.45, 2.75) is 19.4 Å². The fraction of sp³-hybridized carbons (Fsp3) is 0.261. The molecular weight excluding hydrogens is 416 g/mol. The van der Waals surface area contributed by atoms with Crippen LogP contribution in [0.2, 0.25) is 0 Å². The van der Waals surface area contributed by atoms with Gasteiger partial charge < -0.3 is 15.4 Å². The smallest absolute Gasteiger partial charge is 0.272 e. The van der Waals surface area contributed by atoms with Crippen LogP contribution in [-0.4, -0.2) is 41.7 Å². The van der Waals surface area contributed by atoms with Gasteiger partial charge in [0.05, 0.1) is 25.1 Å². The van der Waals surface area contributed by atoms with Crippen molar-refractivity contribution in [3.05, 3.63) is 70.8 Å². The average molecular weight is 437 g/mol. The van der Waals surface area contributed by atoms with Gasteiger partial charge in [0.2, 0.25) is 5.69 Å². The molecule has 1 aromatic heterocycles. The molecule has 0 radical (unpaired) electrons. The number of aromatic nitrogens is 2. The van der Waals surface area contributed by atoms with Crippen molar-refractivity contribution in [1.82, 2.24) is 20.2 Å². The summed E-state index contributed by atoms with van der Waals surface area (Å²) in [5.41, 5.74) is 1.28. The summed E-state index contributed by atoms with van der Waals surface area (Å²) in [6, 6.07) is 8.45. The van der Waals surface area contributed by atoms with Crippen LogP contribution in [-0.2, 0) is 0 Å². The molecular formula is C23H21F2N5O2. The van der Waals surface area contributed by atoms with Crippen molar-refractivity contribution >= 4 is 11.6 Å². The zero-order valence-electron chi connectivity index (χ0n) is 17.6. The second kappa shape index (κ2) is 8.77. The first kappa shape index (κ1) is 21.5. The van der Waals surface area contributed by atoms with Crippen LogP contribution in [0, 0.1) is 25.1 Å². The van der Waals surface area contributed by atoms with E-state index in [1.54, 1.807) is 23.6 Å². The first-order valence-corrected chi connectivity index (χ1v) is 10.0. The van der Waals surface area contributed by atoms with Gasteiger partial charge in [0.25, 0.3) is 5.91 Å². The zero-order chi connectivity index (χ0) is 22.8. The SMILES string of the molecule is [C-]#[N+]c1ccc(-c2nc(C(=O)N[C@@H]3CCNC3)c(C)n2-c2ccc(OC)c(F)c2)cc1F. The van der Waals surface area contributed by atoms with E-state index in [1.165, 1.54) is 31.4 Å². The summed E-state index contributed by atoms with van der Waals surface area (Å²) in [5.74, 6) is -1.30. The summed E-state index contributed by atoms with van der Waals surface area (Å²) < 4.78 is 35.4. The molecule has 0 saturated carbocycles. The zero-order valence-corrected chi connectivity index (χ0v) is 17.6. The van der Waals surface area contributed by atoms with Crippen LogP contribution in [0.3, 0.4) is 0 Å². The van der Waals surface area contributed by atoms with Crippen molar-refractivity contribution in [3.8, 4) is 22.8 Å². The van der Waals surface area contributed by atoms with E-state index in [0.29, 0.717) is 23.5 Å². The fourth-order valence-corrected chi connectivity index (χ4v) is 3.79. The van der Waals surface area contributed by atoms with Gasteiger partial charge in [-0.1, -0.05) is 12.1 Å². The lowest BCUT2D eigenvalue weighted by atomic mass is 10.1. The summed E-state index contributed by atoms with van der Waals surface area (Å²) in [5, 5.41) is 6.14. The third-order valence-corrected chi connectivity index (χ3v) is 5.44. The molecule has 2 aromatic carbocycles. The van der Waals surface area contributed by atoms with E-state index in [4.69, 9.17) is 11.3 Å². The number of ether oxygens (including phenoxy) is 1. The summed E-state index contributed by atoms with van der Waals surface area (Å²) in [6.45, 7) is 10.2. The normalized spacial score (nSPS) is 15.4. The highest BCUT2D eigenvalue weighted by Crippen LogP contribution is 2.31. The highest BCUT2D eigenvalue weighted by atomic mass is 19.1. The van der Waals surface area contributed by atoms with E-state index in [9.17, 15) is 13.6 Å². The number of benzene rings is 2. The van der Waals surface area contributed by atoms with Gasteiger partial charge in [0.15, 0.2) is 11.6 Å². The van der Waals surface area contributed by atoms with Crippen LogP contribution in [0.4, 0.5) is 14.5 Å². The maximum absolute atomic E-state index is 14.5. The molecule has 7 nitrogen and oxygen atoms in total. The van der Waals surface area contributed by atoms with Gasteiger partial charge in [-0.15, -0.1) is 0 Å². The quantitative estimate of drug-likeness (QED) is 0.596. The van der Waals surface area contributed by atoms with E-state index in [0.717, 1.165) is 13.0 Å². The standard InChI is InChI=1S/C23H21F2N5O2/c1-13-21(23(31)28-15-8-9-27-12-15)29-22(14-4-6-19(26-2)17(24)10-14)30(13)16-5-7-20(32-3)18(25)11-16/h4-7,10-11,15,27H,8-9,12H2,1,3H3,(H,28,31)/t15-/m1/s1. The maximum atomic E-state index is 14.5. The second-order valence-electron chi connectivity index (χ2n) is 7.46. The van der Waals surface area contributed by atoms with Crippen molar-refractivity contribution in [1.29, 1.82) is 0 Å². The Morgan fingerprint density at radius 2 is 2.09 bits per heavy atom. The van der Waals surface area contributed by atoms with Gasteiger partial charge >= 0.3 is 0 Å². The molecule has 164 valence electrons. The van der Waals surface area contributed by atoms with E-state index in [-0.39, 0.29) is 34.9 Å². The molecule has 2 N–H and O–H groups in total. The highest BCUT2D eigenvalue weighted by Gasteiger charge is 2.25. The number of rotatable bonds is 5. The van der Waals surface area contributed by atoms with E-state index < -0.39 is 11.6 Å². The summed E-state index contributed by atoms with van der Waals surface area (Å²) in [6.07, 6.45) is 0.811. The first-order valence-electron chi connectivity index (χ1n) is 10.0. The number of nitrogens with one attached hydrogen (secondary N) is 2. The van der Waals surface area contributed by atoms with Gasteiger partial charge in [-0.2, -0.15) is 0 Å². The molecule has 1 saturated heterocycles. The molecule has 1 fully saturated rings. The molecule has 0 bridgehead atoms. The van der Waals surface area contributed by atoms with Crippen molar-refractivity contribution in [2.24, 2.45) is 0 Å². The van der Waals surface area contributed by atoms with Gasteiger partial charge in [-0.25, -0.2) is 18.6 Å². The van der Waals surface area contributed by atoms with Crippen LogP contribution in [0.5, 0.6) is 5.75 Å². The minimum Gasteiger partial charge on any atom is -0.494 e. The van der Waals surface area contributed by atoms with Crippen LogP contribution in [0.15, 0.2) is 36.4 Å².